The van der Waals surface area contributed by atoms with Crippen LogP contribution in [0.2, 0.25) is 0 Å². The Bertz CT molecular complexity index is 870. The molecule has 0 aromatic carbocycles. The number of carbonyl (C=O) groups excluding carboxylic acids is 1. The Labute approximate surface area is 349 Å². The second kappa shape index (κ2) is 46.3. The molecule has 0 rings (SSSR count). The normalized spacial score (nSPS) is 13.7. The Hall–Kier alpha value is -1.43. The highest BCUT2D eigenvalue weighted by atomic mass is 16.3. The van der Waals surface area contributed by atoms with Gasteiger partial charge in [0.1, 0.15) is 6.10 Å². The van der Waals surface area contributed by atoms with Crippen molar-refractivity contribution < 1.29 is 20.1 Å². The lowest BCUT2D eigenvalue weighted by atomic mass is 10.0. The van der Waals surface area contributed by atoms with Gasteiger partial charge in [-0.15, -0.1) is 0 Å². The van der Waals surface area contributed by atoms with Crippen molar-refractivity contribution in [3.8, 4) is 0 Å². The third kappa shape index (κ3) is 40.8. The first-order valence-corrected chi connectivity index (χ1v) is 24.8. The Morgan fingerprint density at radius 3 is 1.09 bits per heavy atom. The molecule has 0 radical (unpaired) electrons. The summed E-state index contributed by atoms with van der Waals surface area (Å²) < 4.78 is 0. The molecule has 1 amide bonds. The van der Waals surface area contributed by atoms with Gasteiger partial charge in [0.05, 0.1) is 18.8 Å². The molecule has 0 aliphatic rings. The molecule has 0 aliphatic heterocycles. The van der Waals surface area contributed by atoms with Crippen LogP contribution in [0.15, 0.2) is 36.5 Å². The molecule has 0 fully saturated rings. The predicted octanol–water partition coefficient (Wildman–Crippen LogP) is 14.7. The SMILES string of the molecule is CCCCCCCCCCC/C=C/CC/C=C/CCCC(O)C(O)C(CO)NC(=O)CCCCCCCCCC/C=C\CCCCCCCCCCCCCC. The van der Waals surface area contributed by atoms with Crippen LogP contribution < -0.4 is 5.32 Å². The number of unbranched alkanes of at least 4 members (excludes halogenated alkanes) is 31. The molecule has 0 saturated carbocycles. The highest BCUT2D eigenvalue weighted by Gasteiger charge is 2.26. The van der Waals surface area contributed by atoms with Crippen LogP contribution in [-0.4, -0.2) is 46.1 Å². The van der Waals surface area contributed by atoms with Gasteiger partial charge in [-0.25, -0.2) is 0 Å². The molecular weight excluding hydrogens is 691 g/mol. The summed E-state index contributed by atoms with van der Waals surface area (Å²) in [5.41, 5.74) is 0. The summed E-state index contributed by atoms with van der Waals surface area (Å²) in [6.07, 6.45) is 58.4. The maximum absolute atomic E-state index is 12.5. The molecule has 5 heteroatoms. The summed E-state index contributed by atoms with van der Waals surface area (Å²) in [6.45, 7) is 4.18. The summed E-state index contributed by atoms with van der Waals surface area (Å²) in [4.78, 5) is 12.5. The van der Waals surface area contributed by atoms with Crippen LogP contribution in [0.25, 0.3) is 0 Å². The Morgan fingerprint density at radius 2 is 0.732 bits per heavy atom. The molecule has 0 saturated heterocycles. The average Bonchev–Trinajstić information content (AvgIpc) is 3.20. The van der Waals surface area contributed by atoms with Crippen molar-refractivity contribution in [2.24, 2.45) is 0 Å². The van der Waals surface area contributed by atoms with E-state index in [1.54, 1.807) is 0 Å². The summed E-state index contributed by atoms with van der Waals surface area (Å²) in [5, 5.41) is 33.6. The van der Waals surface area contributed by atoms with E-state index in [4.69, 9.17) is 0 Å². The second-order valence-corrected chi connectivity index (χ2v) is 17.0. The fraction of sp³-hybridized carbons (Fsp3) is 0.863. The number of nitrogens with one attached hydrogen (secondary N) is 1. The first-order valence-electron chi connectivity index (χ1n) is 24.8. The highest BCUT2D eigenvalue weighted by Crippen LogP contribution is 2.15. The van der Waals surface area contributed by atoms with Crippen LogP contribution >= 0.6 is 0 Å². The van der Waals surface area contributed by atoms with Gasteiger partial charge in [-0.1, -0.05) is 211 Å². The first-order chi connectivity index (χ1) is 27.6. The summed E-state index contributed by atoms with van der Waals surface area (Å²) >= 11 is 0. The molecule has 0 bridgehead atoms. The standard InChI is InChI=1S/C51H97NO4/c1-3-5-7-9-11-13-15-17-19-21-23-24-25-26-27-28-30-32-34-36-38-40-42-44-46-50(55)52-48(47-53)51(56)49(54)45-43-41-39-37-35-33-31-29-22-20-18-16-14-12-10-8-6-4-2/h26-27,29,31,37,39,48-49,51,53-54,56H,3-25,28,30,32-36,38,40-47H2,1-2H3,(H,52,55)/b27-26-,31-29+,39-37+. The van der Waals surface area contributed by atoms with E-state index in [9.17, 15) is 20.1 Å². The summed E-state index contributed by atoms with van der Waals surface area (Å²) in [7, 11) is 0. The number of hydrogen-bond donors (Lipinski definition) is 4. The third-order valence-corrected chi connectivity index (χ3v) is 11.4. The number of aliphatic hydroxyl groups is 3. The predicted molar refractivity (Wildman–Crippen MR) is 245 cm³/mol. The smallest absolute Gasteiger partial charge is 0.220 e. The number of rotatable bonds is 45. The zero-order valence-corrected chi connectivity index (χ0v) is 37.5. The van der Waals surface area contributed by atoms with E-state index in [1.165, 1.54) is 186 Å². The van der Waals surface area contributed by atoms with E-state index in [1.807, 2.05) is 0 Å². The van der Waals surface area contributed by atoms with Crippen LogP contribution in [0.3, 0.4) is 0 Å². The van der Waals surface area contributed by atoms with Crippen molar-refractivity contribution in [1.29, 1.82) is 0 Å². The number of amides is 1. The van der Waals surface area contributed by atoms with Gasteiger partial charge in [0, 0.05) is 6.42 Å². The minimum Gasteiger partial charge on any atom is -0.394 e. The maximum atomic E-state index is 12.5. The Kier molecular flexibility index (Phi) is 45.1. The fourth-order valence-corrected chi connectivity index (χ4v) is 7.59. The summed E-state index contributed by atoms with van der Waals surface area (Å²) in [5.74, 6) is -0.160. The van der Waals surface area contributed by atoms with Gasteiger partial charge in [-0.05, 0) is 77.0 Å². The van der Waals surface area contributed by atoms with Crippen molar-refractivity contribution in [2.75, 3.05) is 6.61 Å². The van der Waals surface area contributed by atoms with Gasteiger partial charge in [0.2, 0.25) is 5.91 Å². The number of aliphatic hydroxyl groups excluding tert-OH is 3. The van der Waals surface area contributed by atoms with Crippen LogP contribution in [-0.2, 0) is 4.79 Å². The number of hydrogen-bond acceptors (Lipinski definition) is 4. The van der Waals surface area contributed by atoms with Gasteiger partial charge < -0.3 is 20.6 Å². The Morgan fingerprint density at radius 1 is 0.429 bits per heavy atom. The third-order valence-electron chi connectivity index (χ3n) is 11.4. The largest absolute Gasteiger partial charge is 0.394 e. The Balaban J connectivity index is 3.64. The van der Waals surface area contributed by atoms with Gasteiger partial charge in [0.25, 0.3) is 0 Å². The summed E-state index contributed by atoms with van der Waals surface area (Å²) in [6, 6.07) is -0.834. The van der Waals surface area contributed by atoms with Crippen LogP contribution in [0.4, 0.5) is 0 Å². The van der Waals surface area contributed by atoms with E-state index in [0.717, 1.165) is 44.9 Å². The van der Waals surface area contributed by atoms with Crippen LogP contribution in [0, 0.1) is 0 Å². The zero-order chi connectivity index (χ0) is 40.8. The molecule has 4 N–H and O–H groups in total. The molecule has 330 valence electrons. The van der Waals surface area contributed by atoms with E-state index >= 15 is 0 Å². The maximum Gasteiger partial charge on any atom is 0.220 e. The quantitative estimate of drug-likeness (QED) is 0.0365. The van der Waals surface area contributed by atoms with E-state index in [0.29, 0.717) is 12.8 Å². The van der Waals surface area contributed by atoms with Crippen molar-refractivity contribution in [3.63, 3.8) is 0 Å². The molecule has 0 aromatic rings. The number of allylic oxidation sites excluding steroid dienone is 6. The second-order valence-electron chi connectivity index (χ2n) is 17.0. The molecule has 56 heavy (non-hydrogen) atoms. The first kappa shape index (κ1) is 54.6. The van der Waals surface area contributed by atoms with E-state index in [2.05, 4.69) is 55.6 Å². The van der Waals surface area contributed by atoms with Crippen LogP contribution in [0.1, 0.15) is 258 Å². The molecule has 5 nitrogen and oxygen atoms in total. The van der Waals surface area contributed by atoms with Gasteiger partial charge in [-0.3, -0.25) is 4.79 Å². The number of carbonyl (C=O) groups is 1. The molecule has 3 atom stereocenters. The van der Waals surface area contributed by atoms with Crippen molar-refractivity contribution >= 4 is 5.91 Å². The molecular formula is C51H97NO4. The molecule has 3 unspecified atom stereocenters. The fourth-order valence-electron chi connectivity index (χ4n) is 7.59. The minimum atomic E-state index is -1.17. The van der Waals surface area contributed by atoms with Gasteiger partial charge in [0.15, 0.2) is 0 Å². The average molecular weight is 788 g/mol. The lowest BCUT2D eigenvalue weighted by molar-refractivity contribution is -0.124. The topological polar surface area (TPSA) is 89.8 Å². The lowest BCUT2D eigenvalue weighted by Crippen LogP contribution is -2.50. The van der Waals surface area contributed by atoms with Gasteiger partial charge >= 0.3 is 0 Å². The van der Waals surface area contributed by atoms with Crippen LogP contribution in [0.5, 0.6) is 0 Å². The van der Waals surface area contributed by atoms with Crippen molar-refractivity contribution in [1.82, 2.24) is 5.32 Å². The highest BCUT2D eigenvalue weighted by molar-refractivity contribution is 5.76. The molecule has 0 aliphatic carbocycles. The van der Waals surface area contributed by atoms with E-state index < -0.39 is 18.2 Å². The molecule has 0 heterocycles. The molecule has 0 aromatic heterocycles. The minimum absolute atomic E-state index is 0.160. The van der Waals surface area contributed by atoms with Crippen molar-refractivity contribution in [2.45, 2.75) is 276 Å². The monoisotopic (exact) mass is 788 g/mol. The zero-order valence-electron chi connectivity index (χ0n) is 37.5. The van der Waals surface area contributed by atoms with E-state index in [-0.39, 0.29) is 12.5 Å². The lowest BCUT2D eigenvalue weighted by Gasteiger charge is -2.26. The molecule has 0 spiro atoms. The van der Waals surface area contributed by atoms with Crippen molar-refractivity contribution in [3.05, 3.63) is 36.5 Å². The van der Waals surface area contributed by atoms with Gasteiger partial charge in [-0.2, -0.15) is 0 Å².